The van der Waals surface area contributed by atoms with Crippen LogP contribution in [0.25, 0.3) is 6.08 Å². The molecule has 0 aliphatic rings. The van der Waals surface area contributed by atoms with Crippen LogP contribution in [-0.2, 0) is 4.43 Å². The summed E-state index contributed by atoms with van der Waals surface area (Å²) in [5.41, 5.74) is 8.82. The van der Waals surface area contributed by atoms with E-state index in [4.69, 9.17) is 10.2 Å². The highest BCUT2D eigenvalue weighted by Gasteiger charge is 2.39. The molecule has 0 aliphatic heterocycles. The highest BCUT2D eigenvalue weighted by atomic mass is 28.4. The third kappa shape index (κ3) is 5.94. The molecule has 0 aliphatic carbocycles. The summed E-state index contributed by atoms with van der Waals surface area (Å²) in [6.07, 6.45) is 4.98. The molecule has 2 rings (SSSR count). The molecule has 2 atom stereocenters. The second-order valence-electron chi connectivity index (χ2n) is 8.45. The lowest BCUT2D eigenvalue weighted by Crippen LogP contribution is -2.42. The van der Waals surface area contributed by atoms with Crippen LogP contribution in [0, 0.1) is 0 Å². The van der Waals surface area contributed by atoms with E-state index in [1.165, 1.54) is 11.1 Å². The van der Waals surface area contributed by atoms with Crippen LogP contribution in [-0.4, -0.2) is 14.4 Å². The molecule has 0 amide bonds. The van der Waals surface area contributed by atoms with Crippen LogP contribution in [0.2, 0.25) is 18.1 Å². The monoisotopic (exact) mass is 367 g/mol. The van der Waals surface area contributed by atoms with Crippen molar-refractivity contribution < 1.29 is 4.43 Å². The lowest BCUT2D eigenvalue weighted by Gasteiger charge is -2.40. The van der Waals surface area contributed by atoms with Gasteiger partial charge in [-0.15, -0.1) is 0 Å². The van der Waals surface area contributed by atoms with Crippen molar-refractivity contribution in [3.8, 4) is 0 Å². The Hall–Kier alpha value is -1.68. The molecule has 0 radical (unpaired) electrons. The van der Waals surface area contributed by atoms with Crippen molar-refractivity contribution in [1.29, 1.82) is 0 Å². The van der Waals surface area contributed by atoms with Crippen molar-refractivity contribution in [2.45, 2.75) is 57.5 Å². The lowest BCUT2D eigenvalue weighted by molar-refractivity contribution is 0.170. The van der Waals surface area contributed by atoms with Gasteiger partial charge in [0.1, 0.15) is 0 Å². The molecular weight excluding hydrogens is 334 g/mol. The van der Waals surface area contributed by atoms with Gasteiger partial charge in [-0.1, -0.05) is 93.6 Å². The molecule has 2 N–H and O–H groups in total. The Morgan fingerprint density at radius 3 is 2.04 bits per heavy atom. The second kappa shape index (κ2) is 8.80. The van der Waals surface area contributed by atoms with E-state index < -0.39 is 8.32 Å². The molecule has 0 fully saturated rings. The summed E-state index contributed by atoms with van der Waals surface area (Å²) < 4.78 is 6.74. The molecule has 0 heterocycles. The van der Waals surface area contributed by atoms with E-state index in [0.717, 1.165) is 6.42 Å². The van der Waals surface area contributed by atoms with E-state index in [1.54, 1.807) is 0 Å². The van der Waals surface area contributed by atoms with Gasteiger partial charge in [-0.05, 0) is 35.7 Å². The molecule has 2 nitrogen and oxygen atoms in total. The average molecular weight is 368 g/mol. The summed E-state index contributed by atoms with van der Waals surface area (Å²) >= 11 is 0. The maximum Gasteiger partial charge on any atom is 0.192 e. The summed E-state index contributed by atoms with van der Waals surface area (Å²) in [6, 6.07) is 20.7. The maximum absolute atomic E-state index is 6.74. The summed E-state index contributed by atoms with van der Waals surface area (Å²) in [5.74, 6) is 0. The Morgan fingerprint density at radius 2 is 1.50 bits per heavy atom. The van der Waals surface area contributed by atoms with Crippen LogP contribution in [0.4, 0.5) is 0 Å². The fraction of sp³-hybridized carbons (Fsp3) is 0.391. The molecule has 0 aromatic heterocycles. The Balaban J connectivity index is 2.15. The zero-order chi connectivity index (χ0) is 19.2. The minimum Gasteiger partial charge on any atom is -0.410 e. The van der Waals surface area contributed by atoms with E-state index in [-0.39, 0.29) is 17.2 Å². The van der Waals surface area contributed by atoms with Gasteiger partial charge in [0.15, 0.2) is 8.32 Å². The van der Waals surface area contributed by atoms with Gasteiger partial charge >= 0.3 is 0 Å². The molecule has 140 valence electrons. The predicted octanol–water partition coefficient (Wildman–Crippen LogP) is 6.18. The summed E-state index contributed by atoms with van der Waals surface area (Å²) in [4.78, 5) is 0. The number of nitrogens with two attached hydrogens (primary N) is 1. The number of hydrogen-bond donors (Lipinski definition) is 1. The molecular formula is C23H33NOSi. The summed E-state index contributed by atoms with van der Waals surface area (Å²) in [7, 11) is -1.88. The Kier molecular flexibility index (Phi) is 6.99. The Labute approximate surface area is 160 Å². The van der Waals surface area contributed by atoms with Gasteiger partial charge in [0, 0.05) is 6.04 Å². The fourth-order valence-electron chi connectivity index (χ4n) is 2.58. The van der Waals surface area contributed by atoms with Gasteiger partial charge in [0.25, 0.3) is 0 Å². The quantitative estimate of drug-likeness (QED) is 0.593. The lowest BCUT2D eigenvalue weighted by atomic mass is 10.0. The van der Waals surface area contributed by atoms with Gasteiger partial charge in [-0.2, -0.15) is 0 Å². The van der Waals surface area contributed by atoms with Gasteiger partial charge < -0.3 is 10.2 Å². The zero-order valence-corrected chi connectivity index (χ0v) is 17.8. The standard InChI is InChI=1S/C23H33NOSi/c1-23(2,3)26(4,5)25-22(20-14-10-7-11-15-20)18-21(24)17-16-19-12-8-6-9-13-19/h6-17,21-22H,18,24H2,1-5H3/b17-16+/t21-,22+/m1/s1. The van der Waals surface area contributed by atoms with Crippen LogP contribution in [0.5, 0.6) is 0 Å². The third-order valence-corrected chi connectivity index (χ3v) is 9.72. The van der Waals surface area contributed by atoms with Crippen molar-refractivity contribution in [3.63, 3.8) is 0 Å². The first-order valence-electron chi connectivity index (χ1n) is 9.41. The van der Waals surface area contributed by atoms with Gasteiger partial charge in [0.05, 0.1) is 6.10 Å². The molecule has 0 bridgehead atoms. The molecule has 0 saturated heterocycles. The van der Waals surface area contributed by atoms with E-state index in [2.05, 4.69) is 82.4 Å². The average Bonchev–Trinajstić information content (AvgIpc) is 2.60. The number of rotatable bonds is 7. The third-order valence-electron chi connectivity index (χ3n) is 5.24. The highest BCUT2D eigenvalue weighted by Crippen LogP contribution is 2.40. The van der Waals surface area contributed by atoms with E-state index in [1.807, 2.05) is 24.3 Å². The number of hydrogen-bond acceptors (Lipinski definition) is 2. The molecule has 26 heavy (non-hydrogen) atoms. The normalized spacial score (nSPS) is 15.2. The Bertz CT molecular complexity index is 689. The van der Waals surface area contributed by atoms with Gasteiger partial charge in [0.2, 0.25) is 0 Å². The minimum absolute atomic E-state index is 0.0208. The van der Waals surface area contributed by atoms with Crippen molar-refractivity contribution in [3.05, 3.63) is 77.9 Å². The van der Waals surface area contributed by atoms with E-state index in [9.17, 15) is 0 Å². The fourth-order valence-corrected chi connectivity index (χ4v) is 3.87. The molecule has 2 aromatic rings. The van der Waals surface area contributed by atoms with E-state index >= 15 is 0 Å². The molecule has 0 saturated carbocycles. The molecule has 0 spiro atoms. The van der Waals surface area contributed by atoms with Crippen LogP contribution in [0.1, 0.15) is 44.4 Å². The minimum atomic E-state index is -1.88. The topological polar surface area (TPSA) is 35.2 Å². The predicted molar refractivity (Wildman–Crippen MR) is 116 cm³/mol. The Morgan fingerprint density at radius 1 is 0.962 bits per heavy atom. The van der Waals surface area contributed by atoms with Crippen molar-refractivity contribution in [2.75, 3.05) is 0 Å². The van der Waals surface area contributed by atoms with Crippen LogP contribution < -0.4 is 5.73 Å². The van der Waals surface area contributed by atoms with Gasteiger partial charge in [-0.3, -0.25) is 0 Å². The zero-order valence-electron chi connectivity index (χ0n) is 16.8. The highest BCUT2D eigenvalue weighted by molar-refractivity contribution is 6.74. The largest absolute Gasteiger partial charge is 0.410 e. The molecule has 3 heteroatoms. The first kappa shape index (κ1) is 20.6. The molecule has 2 aromatic carbocycles. The summed E-state index contributed by atoms with van der Waals surface area (Å²) in [6.45, 7) is 11.4. The first-order chi connectivity index (χ1) is 12.2. The molecule has 0 unspecified atom stereocenters. The smallest absolute Gasteiger partial charge is 0.192 e. The van der Waals surface area contributed by atoms with Crippen molar-refractivity contribution in [1.82, 2.24) is 0 Å². The maximum atomic E-state index is 6.74. The van der Waals surface area contributed by atoms with Crippen LogP contribution in [0.3, 0.4) is 0 Å². The van der Waals surface area contributed by atoms with Gasteiger partial charge in [-0.25, -0.2) is 0 Å². The number of benzene rings is 2. The van der Waals surface area contributed by atoms with Crippen molar-refractivity contribution >= 4 is 14.4 Å². The second-order valence-corrected chi connectivity index (χ2v) is 13.2. The van der Waals surface area contributed by atoms with Crippen molar-refractivity contribution in [2.24, 2.45) is 5.73 Å². The first-order valence-corrected chi connectivity index (χ1v) is 12.3. The van der Waals surface area contributed by atoms with E-state index in [0.29, 0.717) is 0 Å². The van der Waals surface area contributed by atoms with Crippen LogP contribution in [0.15, 0.2) is 66.7 Å². The summed E-state index contributed by atoms with van der Waals surface area (Å²) in [5, 5.41) is 0.171. The SMILES string of the molecule is CC(C)(C)[Si](C)(C)O[C@@H](C[C@H](N)/C=C/c1ccccc1)c1ccccc1. The van der Waals surface area contributed by atoms with Crippen LogP contribution >= 0.6 is 0 Å².